The first-order valence-electron chi connectivity index (χ1n) is 7.38. The van der Waals surface area contributed by atoms with E-state index in [2.05, 4.69) is 51.6 Å². The van der Waals surface area contributed by atoms with Crippen LogP contribution in [0, 0.1) is 11.3 Å². The van der Waals surface area contributed by atoms with Gasteiger partial charge in [0.25, 0.3) is 5.91 Å². The maximum atomic E-state index is 12.8. The molecule has 0 N–H and O–H groups in total. The summed E-state index contributed by atoms with van der Waals surface area (Å²) in [4.78, 5) is 14.7. The molecule has 1 aliphatic heterocycles. The summed E-state index contributed by atoms with van der Waals surface area (Å²) in [5.41, 5.74) is 2.00. The number of hydrogen-bond donors (Lipinski definition) is 1. The molecule has 1 aliphatic rings. The minimum atomic E-state index is 0.123. The molecule has 3 heteroatoms. The number of rotatable bonds is 3. The van der Waals surface area contributed by atoms with Crippen molar-refractivity contribution in [3.63, 3.8) is 0 Å². The molecular formula is C18H21NOS. The van der Waals surface area contributed by atoms with Crippen LogP contribution in [0.2, 0.25) is 0 Å². The van der Waals surface area contributed by atoms with Crippen molar-refractivity contribution in [1.29, 1.82) is 0 Å². The van der Waals surface area contributed by atoms with Crippen LogP contribution in [0.3, 0.4) is 0 Å². The average molecular weight is 299 g/mol. The van der Waals surface area contributed by atoms with E-state index in [0.717, 1.165) is 34.3 Å². The quantitative estimate of drug-likeness (QED) is 0.833. The van der Waals surface area contributed by atoms with Gasteiger partial charge in [-0.15, -0.1) is 0 Å². The number of carbonyl (C=O) groups is 1. The molecule has 0 spiro atoms. The molecule has 1 atom stereocenters. The lowest BCUT2D eigenvalue weighted by atomic mass is 9.81. The third-order valence-corrected chi connectivity index (χ3v) is 4.94. The molecule has 1 heterocycles. The lowest BCUT2D eigenvalue weighted by molar-refractivity contribution is 0.0983. The zero-order valence-electron chi connectivity index (χ0n) is 12.8. The molecule has 1 amide bonds. The maximum absolute atomic E-state index is 12.8. The van der Waals surface area contributed by atoms with Crippen molar-refractivity contribution in [2.75, 3.05) is 17.2 Å². The van der Waals surface area contributed by atoms with Crippen LogP contribution in [0.15, 0.2) is 36.4 Å². The Bertz CT molecular complexity index is 697. The summed E-state index contributed by atoms with van der Waals surface area (Å²) in [6, 6.07) is 12.1. The van der Waals surface area contributed by atoms with E-state index in [4.69, 9.17) is 0 Å². The maximum Gasteiger partial charge on any atom is 0.259 e. The predicted molar refractivity (Wildman–Crippen MR) is 92.4 cm³/mol. The van der Waals surface area contributed by atoms with E-state index in [1.807, 2.05) is 23.1 Å². The van der Waals surface area contributed by atoms with Gasteiger partial charge in [0.2, 0.25) is 0 Å². The number of nitrogens with zero attached hydrogens (tertiary/aromatic N) is 1. The predicted octanol–water partition coefficient (Wildman–Crippen LogP) is 4.39. The van der Waals surface area contributed by atoms with Crippen LogP contribution >= 0.6 is 12.6 Å². The minimum absolute atomic E-state index is 0.123. The molecule has 0 bridgehead atoms. The van der Waals surface area contributed by atoms with Gasteiger partial charge in [-0.25, -0.2) is 0 Å². The Morgan fingerprint density at radius 2 is 1.81 bits per heavy atom. The molecule has 0 aliphatic carbocycles. The summed E-state index contributed by atoms with van der Waals surface area (Å²) in [7, 11) is 0. The van der Waals surface area contributed by atoms with Gasteiger partial charge in [-0.2, -0.15) is 12.6 Å². The number of carbonyl (C=O) groups excluding carboxylic acids is 1. The molecule has 2 aromatic carbocycles. The summed E-state index contributed by atoms with van der Waals surface area (Å²) >= 11 is 4.49. The largest absolute Gasteiger partial charge is 0.307 e. The Morgan fingerprint density at radius 3 is 2.43 bits per heavy atom. The van der Waals surface area contributed by atoms with E-state index in [1.54, 1.807) is 0 Å². The zero-order valence-corrected chi connectivity index (χ0v) is 13.7. The molecule has 3 rings (SSSR count). The summed E-state index contributed by atoms with van der Waals surface area (Å²) in [5.74, 6) is 1.26. The van der Waals surface area contributed by atoms with Crippen LogP contribution in [-0.2, 0) is 0 Å². The van der Waals surface area contributed by atoms with Crippen LogP contribution in [0.5, 0.6) is 0 Å². The Kier molecular flexibility index (Phi) is 3.48. The average Bonchev–Trinajstić information content (AvgIpc) is 2.71. The normalized spacial score (nSPS) is 15.8. The lowest BCUT2D eigenvalue weighted by Gasteiger charge is -2.33. The summed E-state index contributed by atoms with van der Waals surface area (Å²) in [6.45, 7) is 7.35. The third-order valence-electron chi connectivity index (χ3n) is 4.50. The van der Waals surface area contributed by atoms with Crippen molar-refractivity contribution in [2.45, 2.75) is 20.8 Å². The van der Waals surface area contributed by atoms with Crippen molar-refractivity contribution < 1.29 is 4.79 Å². The van der Waals surface area contributed by atoms with Crippen LogP contribution in [-0.4, -0.2) is 18.2 Å². The number of benzene rings is 2. The van der Waals surface area contributed by atoms with Gasteiger partial charge in [0.05, 0.1) is 5.69 Å². The molecule has 0 fully saturated rings. The highest BCUT2D eigenvalue weighted by Crippen LogP contribution is 2.39. The fourth-order valence-corrected chi connectivity index (χ4v) is 3.65. The highest BCUT2D eigenvalue weighted by molar-refractivity contribution is 7.80. The van der Waals surface area contributed by atoms with Crippen molar-refractivity contribution in [3.8, 4) is 0 Å². The van der Waals surface area contributed by atoms with Crippen LogP contribution < -0.4 is 4.90 Å². The van der Waals surface area contributed by atoms with Crippen molar-refractivity contribution >= 4 is 35.0 Å². The first-order chi connectivity index (χ1) is 9.93. The molecule has 2 aromatic rings. The van der Waals surface area contributed by atoms with Gasteiger partial charge in [-0.05, 0) is 34.6 Å². The molecule has 0 saturated carbocycles. The van der Waals surface area contributed by atoms with Crippen LogP contribution in [0.25, 0.3) is 10.8 Å². The van der Waals surface area contributed by atoms with Crippen molar-refractivity contribution in [3.05, 3.63) is 42.0 Å². The SMILES string of the molecule is CC(C)(C)C(CS)CN1C(=O)c2cccc3cccc1c23. The first kappa shape index (κ1) is 14.5. The van der Waals surface area contributed by atoms with E-state index in [0.29, 0.717) is 5.92 Å². The van der Waals surface area contributed by atoms with Gasteiger partial charge < -0.3 is 4.90 Å². The van der Waals surface area contributed by atoms with Gasteiger partial charge in [0.1, 0.15) is 0 Å². The van der Waals surface area contributed by atoms with E-state index in [9.17, 15) is 4.79 Å². The Morgan fingerprint density at radius 1 is 1.14 bits per heavy atom. The summed E-state index contributed by atoms with van der Waals surface area (Å²) < 4.78 is 0. The molecule has 0 aromatic heterocycles. The van der Waals surface area contributed by atoms with Gasteiger partial charge in [-0.3, -0.25) is 4.79 Å². The minimum Gasteiger partial charge on any atom is -0.307 e. The first-order valence-corrected chi connectivity index (χ1v) is 8.01. The van der Waals surface area contributed by atoms with Gasteiger partial charge in [0, 0.05) is 17.5 Å². The Balaban J connectivity index is 2.04. The molecule has 110 valence electrons. The fourth-order valence-electron chi connectivity index (χ4n) is 2.99. The van der Waals surface area contributed by atoms with E-state index in [1.165, 1.54) is 0 Å². The molecule has 1 unspecified atom stereocenters. The molecular weight excluding hydrogens is 278 g/mol. The molecule has 0 saturated heterocycles. The van der Waals surface area contributed by atoms with E-state index >= 15 is 0 Å². The Labute approximate surface area is 131 Å². The van der Waals surface area contributed by atoms with Crippen LogP contribution in [0.4, 0.5) is 5.69 Å². The number of amides is 1. The van der Waals surface area contributed by atoms with Gasteiger partial charge in [-0.1, -0.05) is 45.0 Å². The van der Waals surface area contributed by atoms with Crippen molar-refractivity contribution in [1.82, 2.24) is 0 Å². The smallest absolute Gasteiger partial charge is 0.259 e. The number of hydrogen-bond acceptors (Lipinski definition) is 2. The second kappa shape index (κ2) is 5.06. The number of thiol groups is 1. The second-order valence-electron chi connectivity index (χ2n) is 6.84. The Hall–Kier alpha value is -1.48. The van der Waals surface area contributed by atoms with Crippen molar-refractivity contribution in [2.24, 2.45) is 11.3 Å². The molecule has 0 radical (unpaired) electrons. The highest BCUT2D eigenvalue weighted by atomic mass is 32.1. The number of anilines is 1. The third kappa shape index (κ3) is 2.34. The van der Waals surface area contributed by atoms with Gasteiger partial charge in [0.15, 0.2) is 0 Å². The topological polar surface area (TPSA) is 20.3 Å². The fraction of sp³-hybridized carbons (Fsp3) is 0.389. The summed E-state index contributed by atoms with van der Waals surface area (Å²) in [5, 5.41) is 2.23. The standard InChI is InChI=1S/C18H21NOS/c1-18(2,3)13(11-21)10-19-15-9-5-7-12-6-4-8-14(16(12)15)17(19)20/h4-9,13,21H,10-11H2,1-3H3. The second-order valence-corrected chi connectivity index (χ2v) is 7.21. The van der Waals surface area contributed by atoms with Gasteiger partial charge >= 0.3 is 0 Å². The van der Waals surface area contributed by atoms with Crippen LogP contribution in [0.1, 0.15) is 31.1 Å². The van der Waals surface area contributed by atoms with E-state index in [-0.39, 0.29) is 11.3 Å². The lowest BCUT2D eigenvalue weighted by Crippen LogP contribution is -2.38. The molecule has 2 nitrogen and oxygen atoms in total. The summed E-state index contributed by atoms with van der Waals surface area (Å²) in [6.07, 6.45) is 0. The molecule has 21 heavy (non-hydrogen) atoms. The highest BCUT2D eigenvalue weighted by Gasteiger charge is 2.34. The van der Waals surface area contributed by atoms with E-state index < -0.39 is 0 Å². The monoisotopic (exact) mass is 299 g/mol. The zero-order chi connectivity index (χ0) is 15.2.